The second-order valence-corrected chi connectivity index (χ2v) is 9.05. The van der Waals surface area contributed by atoms with Crippen LogP contribution in [0.3, 0.4) is 0 Å². The predicted octanol–water partition coefficient (Wildman–Crippen LogP) is 2.72. The molecule has 1 aromatic heterocycles. The van der Waals surface area contributed by atoms with Crippen LogP contribution in [0.25, 0.3) is 0 Å². The van der Waals surface area contributed by atoms with Crippen molar-refractivity contribution < 1.29 is 18.3 Å². The maximum Gasteiger partial charge on any atom is 0.327 e. The average Bonchev–Trinajstić information content (AvgIpc) is 3.02. The molecular weight excluding hydrogens is 378 g/mol. The average molecular weight is 388 g/mol. The summed E-state index contributed by atoms with van der Waals surface area (Å²) in [7, 11) is -3.88. The van der Waals surface area contributed by atoms with Gasteiger partial charge in [0, 0.05) is 6.42 Å². The summed E-state index contributed by atoms with van der Waals surface area (Å²) in [4.78, 5) is 11.5. The van der Waals surface area contributed by atoms with Gasteiger partial charge in [0.1, 0.15) is 10.3 Å². The number of carbonyl (C=O) groups is 1. The van der Waals surface area contributed by atoms with Crippen LogP contribution in [0.4, 0.5) is 5.69 Å². The zero-order valence-electron chi connectivity index (χ0n) is 10.6. The number of aliphatic carboxylic acids is 1. The number of carboxylic acid groups (broad SMARTS) is 1. The lowest BCUT2D eigenvalue weighted by molar-refractivity contribution is -0.138. The Morgan fingerprint density at radius 2 is 2.00 bits per heavy atom. The number of hydrogen-bond acceptors (Lipinski definition) is 4. The van der Waals surface area contributed by atoms with Crippen molar-refractivity contribution in [2.75, 3.05) is 4.31 Å². The van der Waals surface area contributed by atoms with Crippen LogP contribution in [0.15, 0.2) is 44.4 Å². The molecule has 0 unspecified atom stereocenters. The molecule has 0 saturated heterocycles. The van der Waals surface area contributed by atoms with E-state index >= 15 is 0 Å². The van der Waals surface area contributed by atoms with E-state index < -0.39 is 22.0 Å². The number of hydrogen-bond donors (Lipinski definition) is 1. The van der Waals surface area contributed by atoms with E-state index in [0.717, 1.165) is 21.2 Å². The lowest BCUT2D eigenvalue weighted by atomic mass is 10.1. The van der Waals surface area contributed by atoms with Crippen LogP contribution >= 0.6 is 27.3 Å². The van der Waals surface area contributed by atoms with E-state index in [1.54, 1.807) is 30.3 Å². The SMILES string of the molecule is O=C(O)[C@@H]1Cc2ccccc2N1S(=O)(=O)c1ccc(Br)s1. The van der Waals surface area contributed by atoms with Crippen molar-refractivity contribution >= 4 is 48.9 Å². The number of nitrogens with zero attached hydrogens (tertiary/aromatic N) is 1. The van der Waals surface area contributed by atoms with Crippen LogP contribution in [-0.2, 0) is 21.2 Å². The minimum absolute atomic E-state index is 0.123. The first-order chi connectivity index (χ1) is 9.91. The van der Waals surface area contributed by atoms with Crippen molar-refractivity contribution in [3.05, 3.63) is 45.7 Å². The zero-order chi connectivity index (χ0) is 15.2. The molecule has 5 nitrogen and oxygen atoms in total. The van der Waals surface area contributed by atoms with Gasteiger partial charge in [0.2, 0.25) is 0 Å². The zero-order valence-corrected chi connectivity index (χ0v) is 13.8. The first-order valence-corrected chi connectivity index (χ1v) is 9.06. The third kappa shape index (κ3) is 2.37. The van der Waals surface area contributed by atoms with Gasteiger partial charge in [0.25, 0.3) is 10.0 Å². The molecule has 2 aromatic rings. The number of benzene rings is 1. The Balaban J connectivity index is 2.16. The maximum absolute atomic E-state index is 12.8. The minimum Gasteiger partial charge on any atom is -0.480 e. The molecule has 2 heterocycles. The first kappa shape index (κ1) is 14.6. The van der Waals surface area contributed by atoms with E-state index in [4.69, 9.17) is 0 Å². The van der Waals surface area contributed by atoms with E-state index in [1.165, 1.54) is 6.07 Å². The lowest BCUT2D eigenvalue weighted by Crippen LogP contribution is -2.42. The first-order valence-electron chi connectivity index (χ1n) is 6.02. The van der Waals surface area contributed by atoms with Crippen LogP contribution in [0.1, 0.15) is 5.56 Å². The number of anilines is 1. The van der Waals surface area contributed by atoms with E-state index in [1.807, 2.05) is 0 Å². The Bertz CT molecular complexity index is 815. The molecular formula is C13H10BrNO4S2. The predicted molar refractivity (Wildman–Crippen MR) is 83.3 cm³/mol. The van der Waals surface area contributed by atoms with Gasteiger partial charge in [0.15, 0.2) is 0 Å². The van der Waals surface area contributed by atoms with E-state index in [0.29, 0.717) is 9.47 Å². The van der Waals surface area contributed by atoms with Crippen LogP contribution < -0.4 is 4.31 Å². The number of halogens is 1. The molecule has 110 valence electrons. The molecule has 0 bridgehead atoms. The molecule has 0 amide bonds. The van der Waals surface area contributed by atoms with E-state index in [-0.39, 0.29) is 10.6 Å². The Hall–Kier alpha value is -1.38. The van der Waals surface area contributed by atoms with Gasteiger partial charge in [0.05, 0.1) is 9.47 Å². The summed E-state index contributed by atoms with van der Waals surface area (Å²) in [6.45, 7) is 0. The highest BCUT2D eigenvalue weighted by molar-refractivity contribution is 9.11. The molecule has 1 aliphatic rings. The van der Waals surface area contributed by atoms with Gasteiger partial charge < -0.3 is 5.11 Å². The fourth-order valence-corrected chi connectivity index (χ4v) is 6.12. The van der Waals surface area contributed by atoms with Crippen LogP contribution in [0.5, 0.6) is 0 Å². The summed E-state index contributed by atoms with van der Waals surface area (Å²) in [6, 6.07) is 8.88. The fraction of sp³-hybridized carbons (Fsp3) is 0.154. The van der Waals surface area contributed by atoms with Crippen LogP contribution in [0.2, 0.25) is 0 Å². The largest absolute Gasteiger partial charge is 0.480 e. The summed E-state index contributed by atoms with van der Waals surface area (Å²) in [6.07, 6.45) is 0.178. The number of sulfonamides is 1. The summed E-state index contributed by atoms with van der Waals surface area (Å²) in [5.74, 6) is -1.15. The van der Waals surface area contributed by atoms with Crippen molar-refractivity contribution in [1.29, 1.82) is 0 Å². The minimum atomic E-state index is -3.88. The Morgan fingerprint density at radius 3 is 2.62 bits per heavy atom. The van der Waals surface area contributed by atoms with Gasteiger partial charge in [-0.3, -0.25) is 4.31 Å². The van der Waals surface area contributed by atoms with Gasteiger partial charge in [-0.05, 0) is 39.7 Å². The van der Waals surface area contributed by atoms with Crippen molar-refractivity contribution in [3.8, 4) is 0 Å². The molecule has 1 aliphatic heterocycles. The van der Waals surface area contributed by atoms with E-state index in [9.17, 15) is 18.3 Å². The number of fused-ring (bicyclic) bond motifs is 1. The molecule has 8 heteroatoms. The second-order valence-electron chi connectivity index (χ2n) is 4.55. The van der Waals surface area contributed by atoms with Crippen LogP contribution in [0, 0.1) is 0 Å². The third-order valence-electron chi connectivity index (χ3n) is 3.27. The monoisotopic (exact) mass is 387 g/mol. The van der Waals surface area contributed by atoms with Gasteiger partial charge in [-0.25, -0.2) is 13.2 Å². The smallest absolute Gasteiger partial charge is 0.327 e. The molecule has 0 aliphatic carbocycles. The topological polar surface area (TPSA) is 74.7 Å². The molecule has 1 N–H and O–H groups in total. The van der Waals surface area contributed by atoms with Gasteiger partial charge in [-0.2, -0.15) is 0 Å². The summed E-state index contributed by atoms with van der Waals surface area (Å²) < 4.78 is 27.4. The molecule has 0 saturated carbocycles. The summed E-state index contributed by atoms with van der Waals surface area (Å²) in [5, 5.41) is 9.36. The highest BCUT2D eigenvalue weighted by Gasteiger charge is 2.42. The van der Waals surface area contributed by atoms with Crippen molar-refractivity contribution in [1.82, 2.24) is 0 Å². The molecule has 0 spiro atoms. The third-order valence-corrected chi connectivity index (χ3v) is 7.19. The molecule has 0 radical (unpaired) electrons. The molecule has 1 atom stereocenters. The number of rotatable bonds is 3. The number of para-hydroxylation sites is 1. The van der Waals surface area contributed by atoms with Gasteiger partial charge in [-0.15, -0.1) is 11.3 Å². The Labute approximate surface area is 134 Å². The fourth-order valence-electron chi connectivity index (χ4n) is 2.38. The quantitative estimate of drug-likeness (QED) is 0.878. The van der Waals surface area contributed by atoms with Crippen molar-refractivity contribution in [3.63, 3.8) is 0 Å². The highest BCUT2D eigenvalue weighted by atomic mass is 79.9. The molecule has 3 rings (SSSR count). The summed E-state index contributed by atoms with van der Waals surface area (Å²) >= 11 is 4.29. The standard InChI is InChI=1S/C13H10BrNO4S2/c14-11-5-6-12(20-11)21(18,19)15-9-4-2-1-3-8(9)7-10(15)13(16)17/h1-6,10H,7H2,(H,16,17)/t10-/m0/s1. The second kappa shape index (κ2) is 5.11. The molecule has 21 heavy (non-hydrogen) atoms. The number of carboxylic acids is 1. The molecule has 1 aromatic carbocycles. The Morgan fingerprint density at radius 1 is 1.29 bits per heavy atom. The molecule has 0 fully saturated rings. The normalized spacial score (nSPS) is 17.8. The van der Waals surface area contributed by atoms with E-state index in [2.05, 4.69) is 15.9 Å². The van der Waals surface area contributed by atoms with Crippen molar-refractivity contribution in [2.45, 2.75) is 16.7 Å². The van der Waals surface area contributed by atoms with Gasteiger partial charge in [-0.1, -0.05) is 18.2 Å². The number of thiophene rings is 1. The lowest BCUT2D eigenvalue weighted by Gasteiger charge is -2.23. The van der Waals surface area contributed by atoms with Gasteiger partial charge >= 0.3 is 5.97 Å². The van der Waals surface area contributed by atoms with Crippen molar-refractivity contribution in [2.24, 2.45) is 0 Å². The Kier molecular flexibility index (Phi) is 3.54. The summed E-state index contributed by atoms with van der Waals surface area (Å²) in [5.41, 5.74) is 1.17. The van der Waals surface area contributed by atoms with Crippen LogP contribution in [-0.4, -0.2) is 25.5 Å². The highest BCUT2D eigenvalue weighted by Crippen LogP contribution is 2.38. The maximum atomic E-state index is 12.8.